The molecule has 1 saturated carbocycles. The normalized spacial score (nSPS) is 29.2. The van der Waals surface area contributed by atoms with E-state index in [1.54, 1.807) is 4.90 Å². The molecule has 0 spiro atoms. The van der Waals surface area contributed by atoms with Gasteiger partial charge in [0.2, 0.25) is 0 Å². The number of para-hydroxylation sites is 1. The Bertz CT molecular complexity index is 425. The highest BCUT2D eigenvalue weighted by Gasteiger charge is 2.50. The quantitative estimate of drug-likeness (QED) is 0.812. The number of benzene rings is 1. The van der Waals surface area contributed by atoms with Gasteiger partial charge in [-0.2, -0.15) is 0 Å². The summed E-state index contributed by atoms with van der Waals surface area (Å²) in [7, 11) is 0. The van der Waals surface area contributed by atoms with Crippen LogP contribution in [-0.2, 0) is 4.79 Å². The van der Waals surface area contributed by atoms with E-state index in [0.29, 0.717) is 5.92 Å². The zero-order chi connectivity index (χ0) is 12.5. The van der Waals surface area contributed by atoms with Crippen molar-refractivity contribution < 1.29 is 9.90 Å². The maximum Gasteiger partial charge on any atom is 0.258 e. The summed E-state index contributed by atoms with van der Waals surface area (Å²) in [5, 5.41) is 9.97. The second-order valence-electron chi connectivity index (χ2n) is 5.38. The zero-order valence-electron chi connectivity index (χ0n) is 10.5. The van der Waals surface area contributed by atoms with Crippen molar-refractivity contribution in [1.82, 2.24) is 0 Å². The number of amides is 1. The number of hydrogen-bond acceptors (Lipinski definition) is 2. The Morgan fingerprint density at radius 2 is 1.72 bits per heavy atom. The topological polar surface area (TPSA) is 40.5 Å². The van der Waals surface area contributed by atoms with Gasteiger partial charge in [-0.05, 0) is 30.9 Å². The van der Waals surface area contributed by atoms with E-state index < -0.39 is 6.10 Å². The van der Waals surface area contributed by atoms with Crippen molar-refractivity contribution in [2.45, 2.75) is 44.2 Å². The fourth-order valence-corrected chi connectivity index (χ4v) is 3.33. The lowest BCUT2D eigenvalue weighted by Crippen LogP contribution is -2.68. The average Bonchev–Trinajstić information content (AvgIpc) is 2.45. The molecule has 2 unspecified atom stereocenters. The number of hydrogen-bond donors (Lipinski definition) is 1. The van der Waals surface area contributed by atoms with Crippen molar-refractivity contribution in [2.24, 2.45) is 5.92 Å². The number of aliphatic hydroxyl groups excluding tert-OH is 1. The van der Waals surface area contributed by atoms with Crippen LogP contribution >= 0.6 is 0 Å². The lowest BCUT2D eigenvalue weighted by atomic mass is 9.76. The summed E-state index contributed by atoms with van der Waals surface area (Å²) in [5.41, 5.74) is 0.920. The summed E-state index contributed by atoms with van der Waals surface area (Å²) in [6, 6.07) is 9.70. The molecule has 1 N–H and O–H groups in total. The first-order valence-corrected chi connectivity index (χ1v) is 6.85. The second-order valence-corrected chi connectivity index (χ2v) is 5.38. The molecule has 2 fully saturated rings. The van der Waals surface area contributed by atoms with Gasteiger partial charge in [-0.1, -0.05) is 37.5 Å². The Morgan fingerprint density at radius 3 is 2.39 bits per heavy atom. The predicted molar refractivity (Wildman–Crippen MR) is 70.3 cm³/mol. The number of carbonyl (C=O) groups is 1. The Kier molecular flexibility index (Phi) is 3.08. The van der Waals surface area contributed by atoms with Gasteiger partial charge in [0.1, 0.15) is 0 Å². The Morgan fingerprint density at radius 1 is 1.06 bits per heavy atom. The van der Waals surface area contributed by atoms with E-state index in [1.165, 1.54) is 19.3 Å². The van der Waals surface area contributed by atoms with Crippen molar-refractivity contribution >= 4 is 11.6 Å². The number of anilines is 1. The molecule has 3 rings (SSSR count). The first kappa shape index (κ1) is 11.7. The van der Waals surface area contributed by atoms with Crippen molar-refractivity contribution in [3.63, 3.8) is 0 Å². The SMILES string of the molecule is O=C1C(O)C(C2CCCCC2)N1c1ccccc1. The van der Waals surface area contributed by atoms with Crippen molar-refractivity contribution in [2.75, 3.05) is 4.90 Å². The van der Waals surface area contributed by atoms with Gasteiger partial charge in [0, 0.05) is 5.69 Å². The van der Waals surface area contributed by atoms with Crippen LogP contribution < -0.4 is 4.90 Å². The average molecular weight is 245 g/mol. The van der Waals surface area contributed by atoms with E-state index in [0.717, 1.165) is 18.5 Å². The summed E-state index contributed by atoms with van der Waals surface area (Å²) < 4.78 is 0. The third-order valence-corrected chi connectivity index (χ3v) is 4.28. The molecule has 1 amide bonds. The first-order chi connectivity index (χ1) is 8.79. The van der Waals surface area contributed by atoms with Crippen molar-refractivity contribution in [3.05, 3.63) is 30.3 Å². The van der Waals surface area contributed by atoms with Crippen molar-refractivity contribution in [3.8, 4) is 0 Å². The third-order valence-electron chi connectivity index (χ3n) is 4.28. The maximum absolute atomic E-state index is 11.9. The number of rotatable bonds is 2. The summed E-state index contributed by atoms with van der Waals surface area (Å²) in [6.45, 7) is 0. The molecule has 1 aliphatic heterocycles. The van der Waals surface area contributed by atoms with E-state index >= 15 is 0 Å². The number of aliphatic hydroxyl groups is 1. The van der Waals surface area contributed by atoms with E-state index in [4.69, 9.17) is 0 Å². The summed E-state index contributed by atoms with van der Waals surface area (Å²) in [5.74, 6) is 0.323. The number of β-lactam (4-membered cyclic amide) rings is 1. The zero-order valence-corrected chi connectivity index (χ0v) is 10.5. The van der Waals surface area contributed by atoms with Gasteiger partial charge in [-0.3, -0.25) is 4.79 Å². The maximum atomic E-state index is 11.9. The second kappa shape index (κ2) is 4.73. The predicted octanol–water partition coefficient (Wildman–Crippen LogP) is 2.34. The molecular weight excluding hydrogens is 226 g/mol. The molecule has 1 saturated heterocycles. The highest BCUT2D eigenvalue weighted by Crippen LogP contribution is 2.38. The molecule has 0 bridgehead atoms. The molecule has 3 heteroatoms. The lowest BCUT2D eigenvalue weighted by molar-refractivity contribution is -0.139. The van der Waals surface area contributed by atoms with E-state index in [2.05, 4.69) is 0 Å². The minimum atomic E-state index is -0.784. The first-order valence-electron chi connectivity index (χ1n) is 6.85. The summed E-state index contributed by atoms with van der Waals surface area (Å²) in [6.07, 6.45) is 5.23. The highest BCUT2D eigenvalue weighted by molar-refractivity contribution is 6.04. The Labute approximate surface area is 107 Å². The molecule has 18 heavy (non-hydrogen) atoms. The smallest absolute Gasteiger partial charge is 0.258 e. The number of nitrogens with zero attached hydrogens (tertiary/aromatic N) is 1. The Hall–Kier alpha value is -1.35. The van der Waals surface area contributed by atoms with Gasteiger partial charge in [0.05, 0.1) is 6.04 Å². The molecule has 1 aliphatic carbocycles. The third kappa shape index (κ3) is 1.83. The lowest BCUT2D eigenvalue weighted by Gasteiger charge is -2.49. The van der Waals surface area contributed by atoms with Crippen LogP contribution in [0.15, 0.2) is 30.3 Å². The minimum absolute atomic E-state index is 0.000185. The molecule has 0 aromatic heterocycles. The van der Waals surface area contributed by atoms with Crippen LogP contribution in [0.2, 0.25) is 0 Å². The van der Waals surface area contributed by atoms with Crippen LogP contribution in [-0.4, -0.2) is 23.2 Å². The van der Waals surface area contributed by atoms with Crippen molar-refractivity contribution in [1.29, 1.82) is 0 Å². The largest absolute Gasteiger partial charge is 0.381 e. The van der Waals surface area contributed by atoms with Gasteiger partial charge in [0.25, 0.3) is 5.91 Å². The minimum Gasteiger partial charge on any atom is -0.381 e. The van der Waals surface area contributed by atoms with Crippen LogP contribution in [0.1, 0.15) is 32.1 Å². The molecule has 2 atom stereocenters. The van der Waals surface area contributed by atoms with Crippen LogP contribution in [0.5, 0.6) is 0 Å². The Balaban J connectivity index is 1.82. The summed E-state index contributed by atoms with van der Waals surface area (Å²) >= 11 is 0. The molecular formula is C15H19NO2. The molecule has 2 aliphatic rings. The summed E-state index contributed by atoms with van der Waals surface area (Å²) in [4.78, 5) is 13.7. The van der Waals surface area contributed by atoms with Crippen LogP contribution in [0.3, 0.4) is 0 Å². The molecule has 1 heterocycles. The van der Waals surface area contributed by atoms with E-state index in [9.17, 15) is 9.90 Å². The van der Waals surface area contributed by atoms with Gasteiger partial charge in [-0.25, -0.2) is 0 Å². The highest BCUT2D eigenvalue weighted by atomic mass is 16.3. The van der Waals surface area contributed by atoms with E-state index in [1.807, 2.05) is 30.3 Å². The fraction of sp³-hybridized carbons (Fsp3) is 0.533. The van der Waals surface area contributed by atoms with Crippen LogP contribution in [0.4, 0.5) is 5.69 Å². The molecule has 1 aromatic rings. The molecule has 3 nitrogen and oxygen atoms in total. The molecule has 1 aromatic carbocycles. The van der Waals surface area contributed by atoms with Gasteiger partial charge >= 0.3 is 0 Å². The van der Waals surface area contributed by atoms with E-state index in [-0.39, 0.29) is 11.9 Å². The number of carbonyl (C=O) groups excluding carboxylic acids is 1. The van der Waals surface area contributed by atoms with Gasteiger partial charge in [-0.15, -0.1) is 0 Å². The molecule has 96 valence electrons. The fourth-order valence-electron chi connectivity index (χ4n) is 3.33. The monoisotopic (exact) mass is 245 g/mol. The molecule has 0 radical (unpaired) electrons. The van der Waals surface area contributed by atoms with Crippen LogP contribution in [0.25, 0.3) is 0 Å². The van der Waals surface area contributed by atoms with Gasteiger partial charge in [0.15, 0.2) is 6.10 Å². The van der Waals surface area contributed by atoms with Gasteiger partial charge < -0.3 is 10.0 Å². The van der Waals surface area contributed by atoms with Crippen LogP contribution in [0, 0.1) is 5.92 Å². The standard InChI is InChI=1S/C15H19NO2/c17-14-13(11-7-3-1-4-8-11)16(15(14)18)12-9-5-2-6-10-12/h2,5-6,9-11,13-14,17H,1,3-4,7-8H2.